The highest BCUT2D eigenvalue weighted by molar-refractivity contribution is 5.98. The van der Waals surface area contributed by atoms with Gasteiger partial charge in [0, 0.05) is 31.2 Å². The van der Waals surface area contributed by atoms with E-state index in [4.69, 9.17) is 5.73 Å². The first kappa shape index (κ1) is 64.3. The zero-order valence-electron chi connectivity index (χ0n) is 46.5. The van der Waals surface area contributed by atoms with Crippen LogP contribution >= 0.6 is 0 Å². The zero-order valence-corrected chi connectivity index (χ0v) is 46.5. The van der Waals surface area contributed by atoms with Crippen LogP contribution < -0.4 is 48.3 Å². The highest BCUT2D eigenvalue weighted by atomic mass is 16.4. The number of hydrogen-bond acceptors (Lipinski definition) is 13. The molecule has 0 bridgehead atoms. The maximum atomic E-state index is 14.5. The van der Waals surface area contributed by atoms with Crippen LogP contribution in [0.4, 0.5) is 0 Å². The lowest BCUT2D eigenvalue weighted by Gasteiger charge is -2.29. The van der Waals surface area contributed by atoms with Gasteiger partial charge in [0.1, 0.15) is 54.1 Å². The van der Waals surface area contributed by atoms with E-state index in [0.29, 0.717) is 23.2 Å². The normalized spacial score (nSPS) is 15.4. The molecule has 3 aromatic carbocycles. The lowest BCUT2D eigenvalue weighted by Crippen LogP contribution is -2.62. The van der Waals surface area contributed by atoms with E-state index in [2.05, 4.69) is 52.5 Å². The summed E-state index contributed by atoms with van der Waals surface area (Å²) in [5, 5.41) is 51.5. The number of phenolic OH excluding ortho intramolecular Hbond substituents is 1. The van der Waals surface area contributed by atoms with Crippen molar-refractivity contribution in [2.24, 2.45) is 23.5 Å². The summed E-state index contributed by atoms with van der Waals surface area (Å²) in [4.78, 5) is 131. The average Bonchev–Trinajstić information content (AvgIpc) is 3.93. The summed E-state index contributed by atoms with van der Waals surface area (Å²) in [6.45, 7) is 12.9. The molecule has 0 fully saturated rings. The quantitative estimate of drug-likeness (QED) is 0.0332. The molecule has 14 N–H and O–H groups in total. The number of aliphatic hydroxyl groups excluding tert-OH is 1. The third kappa shape index (κ3) is 20.6. The van der Waals surface area contributed by atoms with Gasteiger partial charge in [-0.2, -0.15) is 0 Å². The Hall–Kier alpha value is -8.18. The molecule has 0 saturated carbocycles. The van der Waals surface area contributed by atoms with Crippen molar-refractivity contribution in [2.75, 3.05) is 0 Å². The summed E-state index contributed by atoms with van der Waals surface area (Å²) in [5.74, 6) is -8.94. The number of amides is 8. The van der Waals surface area contributed by atoms with Crippen molar-refractivity contribution in [2.45, 2.75) is 154 Å². The van der Waals surface area contributed by atoms with E-state index in [1.165, 1.54) is 50.6 Å². The number of nitrogens with one attached hydrogen (secondary N) is 9. The number of carboxylic acids is 1. The lowest BCUT2D eigenvalue weighted by molar-refractivity contribution is -0.143. The average molecular weight is 1110 g/mol. The molecule has 4 aromatic rings. The first-order chi connectivity index (χ1) is 37.9. The summed E-state index contributed by atoms with van der Waals surface area (Å²) in [6, 6.07) is 11.7. The summed E-state index contributed by atoms with van der Waals surface area (Å²) in [6.07, 6.45) is 1.50. The second-order valence-corrected chi connectivity index (χ2v) is 20.9. The van der Waals surface area contributed by atoms with Crippen LogP contribution in [-0.2, 0) is 68.8 Å². The minimum Gasteiger partial charge on any atom is -0.508 e. The van der Waals surface area contributed by atoms with Crippen molar-refractivity contribution in [1.82, 2.24) is 52.5 Å². The third-order valence-electron chi connectivity index (χ3n) is 13.4. The number of aromatic amines is 1. The third-order valence-corrected chi connectivity index (χ3v) is 13.4. The summed E-state index contributed by atoms with van der Waals surface area (Å²) in [7, 11) is 0. The molecule has 434 valence electrons. The van der Waals surface area contributed by atoms with Crippen molar-refractivity contribution in [3.05, 3.63) is 120 Å². The predicted molar refractivity (Wildman–Crippen MR) is 297 cm³/mol. The molecular weight excluding hydrogens is 1030 g/mol. The fraction of sp³-hybridized carbons (Fsp3) is 0.474. The maximum absolute atomic E-state index is 14.5. The number of carboxylic acid groups (broad SMARTS) is 1. The molecule has 0 aliphatic rings. The van der Waals surface area contributed by atoms with E-state index in [0.717, 1.165) is 5.56 Å². The van der Waals surface area contributed by atoms with E-state index in [1.54, 1.807) is 65.0 Å². The van der Waals surface area contributed by atoms with Gasteiger partial charge in [-0.3, -0.25) is 38.4 Å². The Morgan fingerprint density at radius 1 is 0.525 bits per heavy atom. The highest BCUT2D eigenvalue weighted by Gasteiger charge is 2.37. The molecule has 0 unspecified atom stereocenters. The van der Waals surface area contributed by atoms with E-state index in [-0.39, 0.29) is 43.8 Å². The number of carbonyl (C=O) groups is 9. The minimum absolute atomic E-state index is 0.0546. The van der Waals surface area contributed by atoms with Crippen molar-refractivity contribution < 1.29 is 58.5 Å². The number of imidazole rings is 1. The molecular formula is C57H79N11O12. The molecule has 8 amide bonds. The maximum Gasteiger partial charge on any atom is 0.326 e. The molecule has 0 aliphatic heterocycles. The van der Waals surface area contributed by atoms with Crippen LogP contribution in [-0.4, -0.2) is 139 Å². The van der Waals surface area contributed by atoms with Gasteiger partial charge in [0.05, 0.1) is 18.5 Å². The van der Waals surface area contributed by atoms with Crippen LogP contribution in [0, 0.1) is 17.8 Å². The van der Waals surface area contributed by atoms with Gasteiger partial charge in [0.25, 0.3) is 0 Å². The molecule has 23 nitrogen and oxygen atoms in total. The Balaban J connectivity index is 1.55. The Labute approximate surface area is 466 Å². The first-order valence-corrected chi connectivity index (χ1v) is 26.8. The molecule has 80 heavy (non-hydrogen) atoms. The molecule has 1 aromatic heterocycles. The number of benzene rings is 3. The number of nitrogens with two attached hydrogens (primary N) is 1. The van der Waals surface area contributed by atoms with Crippen molar-refractivity contribution >= 4 is 53.2 Å². The Morgan fingerprint density at radius 2 is 0.975 bits per heavy atom. The van der Waals surface area contributed by atoms with Crippen LogP contribution in [0.5, 0.6) is 5.75 Å². The summed E-state index contributed by atoms with van der Waals surface area (Å²) >= 11 is 0. The molecule has 0 spiro atoms. The van der Waals surface area contributed by atoms with Gasteiger partial charge < -0.3 is 68.6 Å². The number of carbonyl (C=O) groups excluding carboxylic acids is 8. The smallest absolute Gasteiger partial charge is 0.326 e. The lowest BCUT2D eigenvalue weighted by atomic mass is 9.96. The van der Waals surface area contributed by atoms with Gasteiger partial charge in [-0.25, -0.2) is 9.78 Å². The largest absolute Gasteiger partial charge is 0.508 e. The number of hydrogen-bond donors (Lipinski definition) is 13. The minimum atomic E-state index is -1.74. The molecule has 0 saturated heterocycles. The first-order valence-electron chi connectivity index (χ1n) is 26.8. The number of phenols is 1. The van der Waals surface area contributed by atoms with Crippen molar-refractivity contribution in [1.29, 1.82) is 0 Å². The molecule has 23 heteroatoms. The van der Waals surface area contributed by atoms with Gasteiger partial charge in [-0.05, 0) is 73.3 Å². The van der Waals surface area contributed by atoms with Crippen molar-refractivity contribution in [3.63, 3.8) is 0 Å². The zero-order chi connectivity index (χ0) is 59.2. The molecule has 4 rings (SSSR count). The number of aromatic nitrogens is 2. The van der Waals surface area contributed by atoms with Crippen LogP contribution in [0.25, 0.3) is 0 Å². The Morgan fingerprint density at radius 3 is 1.48 bits per heavy atom. The van der Waals surface area contributed by atoms with Gasteiger partial charge in [0.2, 0.25) is 47.3 Å². The van der Waals surface area contributed by atoms with Crippen LogP contribution in [0.2, 0.25) is 0 Å². The van der Waals surface area contributed by atoms with Gasteiger partial charge in [-0.1, -0.05) is 121 Å². The number of aliphatic carboxylic acids is 1. The van der Waals surface area contributed by atoms with Gasteiger partial charge in [-0.15, -0.1) is 0 Å². The van der Waals surface area contributed by atoms with Crippen LogP contribution in [0.3, 0.4) is 0 Å². The number of H-pyrrole nitrogens is 1. The van der Waals surface area contributed by atoms with Gasteiger partial charge >= 0.3 is 5.97 Å². The predicted octanol–water partition coefficient (Wildman–Crippen LogP) is 0.825. The van der Waals surface area contributed by atoms with Gasteiger partial charge in [0.15, 0.2) is 0 Å². The van der Waals surface area contributed by atoms with E-state index < -0.39 is 126 Å². The summed E-state index contributed by atoms with van der Waals surface area (Å²) in [5.41, 5.74) is 8.62. The van der Waals surface area contributed by atoms with E-state index in [9.17, 15) is 58.5 Å². The van der Waals surface area contributed by atoms with Crippen LogP contribution in [0.1, 0.15) is 90.6 Å². The number of aromatic hydroxyl groups is 1. The van der Waals surface area contributed by atoms with E-state index >= 15 is 0 Å². The standard InChI is InChI=1S/C57H79N11O12/c1-9-33(6)47(67-50(72)41(58)25-36-16-12-10-13-17-36)55(77)65-44(26-37-18-14-11-15-19-37)52(74)64-45(28-39-29-59-30-60-39)54(76)68-48(35(8)69)56(78)61-34(7)49(71)62-43(27-38-20-22-40(70)23-21-38)51(73)63-42(24-31(2)3)53(75)66-46(32(4)5)57(79)80/h10-23,29-35,41-48,69-70H,9,24-28,58H2,1-8H3,(H,59,60)(H,61,78)(H,62,71)(H,63,73)(H,64,74)(H,65,77)(H,66,75)(H,67,72)(H,68,76)(H,79,80)/t33-,34-,35+,41-,42-,43-,44-,45-,46-,47-,48-/m0/s1. The summed E-state index contributed by atoms with van der Waals surface area (Å²) < 4.78 is 0. The molecule has 11 atom stereocenters. The number of rotatable bonds is 31. The second kappa shape index (κ2) is 31.4. The highest BCUT2D eigenvalue weighted by Crippen LogP contribution is 2.16. The molecule has 0 radical (unpaired) electrons. The Kier molecular flexibility index (Phi) is 25.3. The number of aliphatic hydroxyl groups is 1. The Bertz CT molecular complexity index is 2670. The van der Waals surface area contributed by atoms with Crippen LogP contribution in [0.15, 0.2) is 97.5 Å². The van der Waals surface area contributed by atoms with E-state index in [1.807, 2.05) is 37.3 Å². The SMILES string of the molecule is CC[C@H](C)[C@H](NC(=O)[C@@H](N)Cc1ccccc1)C(=O)N[C@@H](Cc1ccccc1)C(=O)N[C@@H](Cc1cnc[nH]1)C(=O)N[C@H](C(=O)N[C@@H](C)C(=O)N[C@@H](Cc1ccc(O)cc1)C(=O)N[C@@H](CC(C)C)C(=O)N[C@H](C(=O)O)C(C)C)[C@@H](C)O. The monoisotopic (exact) mass is 1110 g/mol. The fourth-order valence-corrected chi connectivity index (χ4v) is 8.49. The molecule has 0 aliphatic carbocycles. The van der Waals surface area contributed by atoms with Crippen molar-refractivity contribution in [3.8, 4) is 5.75 Å². The number of nitrogens with zero attached hydrogens (tertiary/aromatic N) is 1. The topological polar surface area (TPSA) is 365 Å². The second-order valence-electron chi connectivity index (χ2n) is 20.9. The molecule has 1 heterocycles. The fourth-order valence-electron chi connectivity index (χ4n) is 8.49.